The van der Waals surface area contributed by atoms with Gasteiger partial charge in [0.15, 0.2) is 0 Å². The van der Waals surface area contributed by atoms with Crippen molar-refractivity contribution in [2.75, 3.05) is 0 Å². The summed E-state index contributed by atoms with van der Waals surface area (Å²) < 4.78 is 1.12. The Morgan fingerprint density at radius 3 is 1.75 bits per heavy atom. The molecule has 0 aliphatic heterocycles. The zero-order valence-electron chi connectivity index (χ0n) is 8.16. The summed E-state index contributed by atoms with van der Waals surface area (Å²) in [5.74, 6) is 0. The van der Waals surface area contributed by atoms with Crippen LogP contribution >= 0.6 is 22.6 Å². The number of hydrogen-bond donors (Lipinski definition) is 0. The number of alkyl halides is 1. The average Bonchev–Trinajstić information content (AvgIpc) is 2.02. The highest BCUT2D eigenvalue weighted by molar-refractivity contribution is 14.1. The summed E-state index contributed by atoms with van der Waals surface area (Å²) in [5, 5.41) is 0. The van der Waals surface area contributed by atoms with Crippen LogP contribution in [-0.2, 0) is 4.43 Å². The maximum Gasteiger partial charge on any atom is 0.0252 e. The predicted octanol–water partition coefficient (Wildman–Crippen LogP) is 3.86. The topological polar surface area (TPSA) is 0 Å². The molecule has 0 spiro atoms. The Hall–Kier alpha value is -0.0500. The highest BCUT2D eigenvalue weighted by atomic mass is 127. The van der Waals surface area contributed by atoms with Crippen LogP contribution in [0.25, 0.3) is 0 Å². The molecule has 66 valence electrons. The van der Waals surface area contributed by atoms with Gasteiger partial charge in [-0.2, -0.15) is 0 Å². The van der Waals surface area contributed by atoms with Crippen molar-refractivity contribution in [1.82, 2.24) is 0 Å². The van der Waals surface area contributed by atoms with E-state index in [0.29, 0.717) is 0 Å². The van der Waals surface area contributed by atoms with Crippen LogP contribution < -0.4 is 0 Å². The molecule has 0 heterocycles. The summed E-state index contributed by atoms with van der Waals surface area (Å²) in [6.45, 7) is 8.82. The SMILES string of the molecule is Cc1cc(C)c(C)c(CI)c1C. The van der Waals surface area contributed by atoms with Crippen molar-refractivity contribution < 1.29 is 0 Å². The number of benzene rings is 1. The lowest BCUT2D eigenvalue weighted by molar-refractivity contribution is 1.17. The Kier molecular flexibility index (Phi) is 3.16. The Labute approximate surface area is 88.5 Å². The van der Waals surface area contributed by atoms with E-state index in [0.717, 1.165) is 4.43 Å². The molecule has 0 aliphatic carbocycles. The van der Waals surface area contributed by atoms with Crippen molar-refractivity contribution in [3.63, 3.8) is 0 Å². The van der Waals surface area contributed by atoms with Crippen molar-refractivity contribution in [2.45, 2.75) is 32.1 Å². The molecule has 1 heteroatoms. The number of aryl methyl sites for hydroxylation is 2. The molecule has 0 saturated heterocycles. The van der Waals surface area contributed by atoms with Crippen LogP contribution in [0.3, 0.4) is 0 Å². The lowest BCUT2D eigenvalue weighted by atomic mass is 9.95. The molecule has 0 nitrogen and oxygen atoms in total. The third kappa shape index (κ3) is 1.65. The van der Waals surface area contributed by atoms with Gasteiger partial charge in [-0.3, -0.25) is 0 Å². The molecule has 0 aromatic heterocycles. The Morgan fingerprint density at radius 1 is 1.00 bits per heavy atom. The summed E-state index contributed by atoms with van der Waals surface area (Å²) in [6, 6.07) is 2.28. The van der Waals surface area contributed by atoms with Gasteiger partial charge >= 0.3 is 0 Å². The normalized spacial score (nSPS) is 10.4. The first kappa shape index (κ1) is 10.0. The first-order chi connectivity index (χ1) is 5.57. The lowest BCUT2D eigenvalue weighted by Crippen LogP contribution is -1.96. The van der Waals surface area contributed by atoms with E-state index in [9.17, 15) is 0 Å². The van der Waals surface area contributed by atoms with E-state index in [4.69, 9.17) is 0 Å². The second kappa shape index (κ2) is 3.77. The van der Waals surface area contributed by atoms with Gasteiger partial charge in [-0.15, -0.1) is 0 Å². The number of hydrogen-bond acceptors (Lipinski definition) is 0. The van der Waals surface area contributed by atoms with Crippen LogP contribution in [0.15, 0.2) is 6.07 Å². The molecule has 0 bridgehead atoms. The minimum absolute atomic E-state index is 1.12. The van der Waals surface area contributed by atoms with Crippen molar-refractivity contribution in [1.29, 1.82) is 0 Å². The first-order valence-corrected chi connectivity index (χ1v) is 5.72. The van der Waals surface area contributed by atoms with Gasteiger partial charge in [-0.1, -0.05) is 28.7 Å². The van der Waals surface area contributed by atoms with Crippen molar-refractivity contribution in [2.24, 2.45) is 0 Å². The molecule has 12 heavy (non-hydrogen) atoms. The fourth-order valence-corrected chi connectivity index (χ4v) is 2.64. The molecule has 0 radical (unpaired) electrons. The Morgan fingerprint density at radius 2 is 1.42 bits per heavy atom. The lowest BCUT2D eigenvalue weighted by Gasteiger charge is -2.12. The smallest absolute Gasteiger partial charge is 0.0252 e. The molecule has 0 N–H and O–H groups in total. The molecule has 0 unspecified atom stereocenters. The van der Waals surface area contributed by atoms with Gasteiger partial charge < -0.3 is 0 Å². The molecule has 0 fully saturated rings. The van der Waals surface area contributed by atoms with Gasteiger partial charge in [-0.05, 0) is 55.5 Å². The van der Waals surface area contributed by atoms with E-state index in [1.54, 1.807) is 0 Å². The molecule has 0 saturated carbocycles. The minimum atomic E-state index is 1.12. The van der Waals surface area contributed by atoms with Crippen molar-refractivity contribution in [3.8, 4) is 0 Å². The second-order valence-electron chi connectivity index (χ2n) is 3.37. The summed E-state index contributed by atoms with van der Waals surface area (Å²) in [7, 11) is 0. The highest BCUT2D eigenvalue weighted by Crippen LogP contribution is 2.23. The first-order valence-electron chi connectivity index (χ1n) is 4.20. The number of rotatable bonds is 1. The van der Waals surface area contributed by atoms with Gasteiger partial charge in [0, 0.05) is 4.43 Å². The Balaban J connectivity index is 3.42. The van der Waals surface area contributed by atoms with Gasteiger partial charge in [0.1, 0.15) is 0 Å². The second-order valence-corrected chi connectivity index (χ2v) is 4.14. The summed E-state index contributed by atoms with van der Waals surface area (Å²) >= 11 is 2.44. The van der Waals surface area contributed by atoms with Crippen LogP contribution in [0.5, 0.6) is 0 Å². The molecule has 1 aromatic rings. The van der Waals surface area contributed by atoms with Crippen molar-refractivity contribution >= 4 is 22.6 Å². The average molecular weight is 274 g/mol. The molecule has 0 atom stereocenters. The van der Waals surface area contributed by atoms with Crippen LogP contribution in [-0.4, -0.2) is 0 Å². The maximum absolute atomic E-state index is 2.44. The van der Waals surface area contributed by atoms with Crippen LogP contribution in [0.4, 0.5) is 0 Å². The van der Waals surface area contributed by atoms with Gasteiger partial charge in [0.05, 0.1) is 0 Å². The molecular formula is C11H15I. The van der Waals surface area contributed by atoms with Gasteiger partial charge in [0.25, 0.3) is 0 Å². The number of halogens is 1. The van der Waals surface area contributed by atoms with Crippen LogP contribution in [0.2, 0.25) is 0 Å². The zero-order valence-corrected chi connectivity index (χ0v) is 10.3. The van der Waals surface area contributed by atoms with E-state index in [1.807, 2.05) is 0 Å². The minimum Gasteiger partial charge on any atom is -0.0812 e. The molecule has 1 rings (SSSR count). The van der Waals surface area contributed by atoms with E-state index in [1.165, 1.54) is 27.8 Å². The monoisotopic (exact) mass is 274 g/mol. The third-order valence-corrected chi connectivity index (χ3v) is 3.42. The molecule has 0 amide bonds. The third-order valence-electron chi connectivity index (χ3n) is 2.65. The summed E-state index contributed by atoms with van der Waals surface area (Å²) in [4.78, 5) is 0. The van der Waals surface area contributed by atoms with E-state index >= 15 is 0 Å². The quantitative estimate of drug-likeness (QED) is 0.539. The Bertz CT molecular complexity index is 274. The largest absolute Gasteiger partial charge is 0.0812 e. The van der Waals surface area contributed by atoms with Gasteiger partial charge in [0.2, 0.25) is 0 Å². The van der Waals surface area contributed by atoms with E-state index < -0.39 is 0 Å². The summed E-state index contributed by atoms with van der Waals surface area (Å²) in [5.41, 5.74) is 7.29. The molecular weight excluding hydrogens is 259 g/mol. The van der Waals surface area contributed by atoms with E-state index in [-0.39, 0.29) is 0 Å². The standard InChI is InChI=1S/C11H15I/c1-7-5-8(2)10(4)11(6-12)9(7)3/h5H,6H2,1-4H3. The predicted molar refractivity (Wildman–Crippen MR) is 63.1 cm³/mol. The van der Waals surface area contributed by atoms with Crippen molar-refractivity contribution in [3.05, 3.63) is 33.9 Å². The fraction of sp³-hybridized carbons (Fsp3) is 0.455. The summed E-state index contributed by atoms with van der Waals surface area (Å²) in [6.07, 6.45) is 0. The highest BCUT2D eigenvalue weighted by Gasteiger charge is 2.05. The zero-order chi connectivity index (χ0) is 9.30. The molecule has 1 aromatic carbocycles. The van der Waals surface area contributed by atoms with E-state index in [2.05, 4.69) is 56.4 Å². The van der Waals surface area contributed by atoms with Crippen LogP contribution in [0.1, 0.15) is 27.8 Å². The molecule has 0 aliphatic rings. The van der Waals surface area contributed by atoms with Gasteiger partial charge in [-0.25, -0.2) is 0 Å². The van der Waals surface area contributed by atoms with Crippen LogP contribution in [0, 0.1) is 27.7 Å². The maximum atomic E-state index is 2.44. The fourth-order valence-electron chi connectivity index (χ4n) is 1.50.